The van der Waals surface area contributed by atoms with Gasteiger partial charge in [0.25, 0.3) is 0 Å². The first-order valence-corrected chi connectivity index (χ1v) is 4.83. The van der Waals surface area contributed by atoms with E-state index in [0.29, 0.717) is 11.0 Å². The molecular weight excluding hydrogens is 134 g/mol. The molecule has 0 unspecified atom stereocenters. The normalized spacial score (nSPS) is 27.3. The lowest BCUT2D eigenvalue weighted by molar-refractivity contribution is 0.155. The van der Waals surface area contributed by atoms with Gasteiger partial charge in [-0.15, -0.1) is 0 Å². The molecule has 0 spiro atoms. The van der Waals surface area contributed by atoms with Gasteiger partial charge in [-0.05, 0) is 45.1 Å². The minimum absolute atomic E-state index is 0.358. The van der Waals surface area contributed by atoms with Gasteiger partial charge in [0, 0.05) is 5.54 Å². The van der Waals surface area contributed by atoms with Crippen LogP contribution >= 0.6 is 0 Å². The van der Waals surface area contributed by atoms with Crippen LogP contribution in [-0.4, -0.2) is 12.1 Å². The van der Waals surface area contributed by atoms with E-state index in [4.69, 9.17) is 0 Å². The van der Waals surface area contributed by atoms with Crippen molar-refractivity contribution < 1.29 is 0 Å². The van der Waals surface area contributed by atoms with E-state index in [1.165, 1.54) is 25.8 Å². The summed E-state index contributed by atoms with van der Waals surface area (Å²) in [7, 11) is 0. The van der Waals surface area contributed by atoms with Gasteiger partial charge in [0.1, 0.15) is 0 Å². The summed E-state index contributed by atoms with van der Waals surface area (Å²) in [5.74, 6) is 0. The summed E-state index contributed by atoms with van der Waals surface area (Å²) in [6, 6.07) is 0. The molecule has 1 rings (SSSR count). The van der Waals surface area contributed by atoms with Gasteiger partial charge >= 0.3 is 0 Å². The van der Waals surface area contributed by atoms with Gasteiger partial charge in [-0.25, -0.2) is 0 Å². The zero-order valence-corrected chi connectivity index (χ0v) is 8.33. The zero-order chi connectivity index (χ0) is 8.54. The van der Waals surface area contributed by atoms with E-state index in [2.05, 4.69) is 33.0 Å². The molecule has 0 atom stereocenters. The maximum absolute atomic E-state index is 3.59. The van der Waals surface area contributed by atoms with Crippen LogP contribution in [-0.2, 0) is 0 Å². The Kier molecular flexibility index (Phi) is 2.29. The smallest absolute Gasteiger partial charge is 0.0181 e. The Bertz CT molecular complexity index is 134. The molecule has 1 saturated heterocycles. The molecule has 1 fully saturated rings. The molecule has 0 saturated carbocycles. The fraction of sp³-hybridized carbons (Fsp3) is 1.00. The second-order valence-electron chi connectivity index (χ2n) is 4.29. The average Bonchev–Trinajstić information content (AvgIpc) is 2.26. The van der Waals surface area contributed by atoms with Crippen LogP contribution in [0.1, 0.15) is 47.0 Å². The van der Waals surface area contributed by atoms with Crippen LogP contribution in [0, 0.1) is 5.41 Å². The maximum Gasteiger partial charge on any atom is 0.0181 e. The maximum atomic E-state index is 3.59. The topological polar surface area (TPSA) is 12.0 Å². The molecule has 0 aliphatic carbocycles. The molecule has 0 amide bonds. The van der Waals surface area contributed by atoms with Crippen LogP contribution in [0.15, 0.2) is 0 Å². The van der Waals surface area contributed by atoms with E-state index in [0.717, 1.165) is 0 Å². The summed E-state index contributed by atoms with van der Waals surface area (Å²) in [6.45, 7) is 10.5. The van der Waals surface area contributed by atoms with Gasteiger partial charge in [0.2, 0.25) is 0 Å². The molecular formula is C10H21N. The van der Waals surface area contributed by atoms with Gasteiger partial charge in [0.15, 0.2) is 0 Å². The first-order valence-electron chi connectivity index (χ1n) is 4.83. The number of rotatable bonds is 2. The highest BCUT2D eigenvalue weighted by Gasteiger charge is 2.45. The Morgan fingerprint density at radius 2 is 1.73 bits per heavy atom. The highest BCUT2D eigenvalue weighted by Crippen LogP contribution is 2.44. The molecule has 1 aliphatic heterocycles. The molecule has 11 heavy (non-hydrogen) atoms. The molecule has 0 aromatic heterocycles. The SMILES string of the molecule is CCC1(CC)CCNC1(C)C. The molecule has 1 heteroatoms. The van der Waals surface area contributed by atoms with Crippen LogP contribution in [0.4, 0.5) is 0 Å². The summed E-state index contributed by atoms with van der Waals surface area (Å²) in [6.07, 6.45) is 3.97. The molecule has 0 aromatic rings. The lowest BCUT2D eigenvalue weighted by atomic mass is 9.68. The van der Waals surface area contributed by atoms with E-state index in [1.54, 1.807) is 0 Å². The van der Waals surface area contributed by atoms with Crippen molar-refractivity contribution in [2.45, 2.75) is 52.5 Å². The third-order valence-electron chi connectivity index (χ3n) is 3.85. The first kappa shape index (κ1) is 9.05. The van der Waals surface area contributed by atoms with Crippen molar-refractivity contribution in [2.75, 3.05) is 6.54 Å². The van der Waals surface area contributed by atoms with Gasteiger partial charge in [-0.1, -0.05) is 13.8 Å². The summed E-state index contributed by atoms with van der Waals surface area (Å²) in [5.41, 5.74) is 0.920. The Balaban J connectivity index is 2.81. The van der Waals surface area contributed by atoms with E-state index >= 15 is 0 Å². The number of hydrogen-bond donors (Lipinski definition) is 1. The summed E-state index contributed by atoms with van der Waals surface area (Å²) in [5, 5.41) is 3.59. The minimum atomic E-state index is 0.358. The lowest BCUT2D eigenvalue weighted by Crippen LogP contribution is -2.45. The Morgan fingerprint density at radius 1 is 1.18 bits per heavy atom. The molecule has 0 bridgehead atoms. The third-order valence-corrected chi connectivity index (χ3v) is 3.85. The number of nitrogens with one attached hydrogen (secondary N) is 1. The van der Waals surface area contributed by atoms with E-state index in [-0.39, 0.29) is 0 Å². The molecule has 0 aromatic carbocycles. The van der Waals surface area contributed by atoms with Crippen molar-refractivity contribution in [3.63, 3.8) is 0 Å². The van der Waals surface area contributed by atoms with Gasteiger partial charge < -0.3 is 5.32 Å². The molecule has 1 nitrogen and oxygen atoms in total. The second kappa shape index (κ2) is 2.78. The molecule has 0 radical (unpaired) electrons. The van der Waals surface area contributed by atoms with Crippen molar-refractivity contribution in [3.05, 3.63) is 0 Å². The van der Waals surface area contributed by atoms with Crippen molar-refractivity contribution in [1.29, 1.82) is 0 Å². The predicted octanol–water partition coefficient (Wildman–Crippen LogP) is 2.56. The van der Waals surface area contributed by atoms with E-state index in [1.807, 2.05) is 0 Å². The Labute approximate surface area is 70.6 Å². The zero-order valence-electron chi connectivity index (χ0n) is 8.33. The van der Waals surface area contributed by atoms with Crippen LogP contribution < -0.4 is 5.32 Å². The van der Waals surface area contributed by atoms with Crippen molar-refractivity contribution in [1.82, 2.24) is 5.32 Å². The fourth-order valence-corrected chi connectivity index (χ4v) is 2.60. The van der Waals surface area contributed by atoms with Crippen molar-refractivity contribution >= 4 is 0 Å². The first-order chi connectivity index (χ1) is 5.08. The molecule has 1 N–H and O–H groups in total. The van der Waals surface area contributed by atoms with Gasteiger partial charge in [-0.2, -0.15) is 0 Å². The minimum Gasteiger partial charge on any atom is -0.311 e. The third kappa shape index (κ3) is 1.20. The quantitative estimate of drug-likeness (QED) is 0.646. The van der Waals surface area contributed by atoms with Crippen LogP contribution in [0.5, 0.6) is 0 Å². The predicted molar refractivity (Wildman–Crippen MR) is 49.7 cm³/mol. The van der Waals surface area contributed by atoms with Gasteiger partial charge in [-0.3, -0.25) is 0 Å². The van der Waals surface area contributed by atoms with Crippen LogP contribution in [0.2, 0.25) is 0 Å². The van der Waals surface area contributed by atoms with Gasteiger partial charge in [0.05, 0.1) is 0 Å². The van der Waals surface area contributed by atoms with Crippen molar-refractivity contribution in [2.24, 2.45) is 5.41 Å². The summed E-state index contributed by atoms with van der Waals surface area (Å²) < 4.78 is 0. The van der Waals surface area contributed by atoms with Crippen LogP contribution in [0.3, 0.4) is 0 Å². The summed E-state index contributed by atoms with van der Waals surface area (Å²) in [4.78, 5) is 0. The standard InChI is InChI=1S/C10H21N/c1-5-10(6-2)7-8-11-9(10,3)4/h11H,5-8H2,1-4H3. The fourth-order valence-electron chi connectivity index (χ4n) is 2.60. The van der Waals surface area contributed by atoms with E-state index in [9.17, 15) is 0 Å². The number of hydrogen-bond acceptors (Lipinski definition) is 1. The molecule has 1 aliphatic rings. The monoisotopic (exact) mass is 155 g/mol. The highest BCUT2D eigenvalue weighted by atomic mass is 15.0. The Morgan fingerprint density at radius 3 is 1.91 bits per heavy atom. The molecule has 1 heterocycles. The average molecular weight is 155 g/mol. The van der Waals surface area contributed by atoms with Crippen LogP contribution in [0.25, 0.3) is 0 Å². The largest absolute Gasteiger partial charge is 0.311 e. The highest BCUT2D eigenvalue weighted by molar-refractivity contribution is 5.02. The Hall–Kier alpha value is -0.0400. The lowest BCUT2D eigenvalue weighted by Gasteiger charge is -2.40. The molecule has 66 valence electrons. The van der Waals surface area contributed by atoms with E-state index < -0.39 is 0 Å². The second-order valence-corrected chi connectivity index (χ2v) is 4.29. The summed E-state index contributed by atoms with van der Waals surface area (Å²) >= 11 is 0. The van der Waals surface area contributed by atoms with Crippen molar-refractivity contribution in [3.8, 4) is 0 Å².